The first-order valence-electron chi connectivity index (χ1n) is 8.34. The molecule has 0 aromatic heterocycles. The Balaban J connectivity index is 1.55. The largest absolute Gasteiger partial charge is 0.486 e. The standard InChI is InChI=1S/C19H16Cl2N2O3/c1-2-5-26-17-13(20)6-10(7-14(17)21)9-22-23-18(24)15-11-3-4-12(8-11)16(15)19(23)25/h2-4,6-7,9,11-12,15-16H,1,5,8H2/t11-,12-,15-,16+/m0/s1. The fraction of sp³-hybridized carbons (Fsp3) is 0.316. The Hall–Kier alpha value is -2.11. The van der Waals surface area contributed by atoms with Crippen LogP contribution >= 0.6 is 23.2 Å². The van der Waals surface area contributed by atoms with Crippen LogP contribution < -0.4 is 4.74 Å². The van der Waals surface area contributed by atoms with E-state index in [0.29, 0.717) is 21.4 Å². The van der Waals surface area contributed by atoms with Crippen LogP contribution in [0.3, 0.4) is 0 Å². The first-order chi connectivity index (χ1) is 12.5. The second-order valence-electron chi connectivity index (χ2n) is 6.65. The minimum atomic E-state index is -0.267. The summed E-state index contributed by atoms with van der Waals surface area (Å²) in [5, 5.41) is 5.74. The van der Waals surface area contributed by atoms with Crippen molar-refractivity contribution in [3.8, 4) is 5.75 Å². The van der Waals surface area contributed by atoms with Gasteiger partial charge in [-0.05, 0) is 36.0 Å². The maximum absolute atomic E-state index is 12.6. The van der Waals surface area contributed by atoms with E-state index in [1.165, 1.54) is 6.21 Å². The fourth-order valence-electron chi connectivity index (χ4n) is 4.06. The van der Waals surface area contributed by atoms with E-state index in [9.17, 15) is 9.59 Å². The number of benzene rings is 1. The van der Waals surface area contributed by atoms with Crippen LogP contribution in [-0.4, -0.2) is 29.6 Å². The van der Waals surface area contributed by atoms with E-state index >= 15 is 0 Å². The summed E-state index contributed by atoms with van der Waals surface area (Å²) in [5.74, 6) is -0.310. The number of rotatable bonds is 5. The van der Waals surface area contributed by atoms with E-state index in [-0.39, 0.29) is 42.1 Å². The number of imide groups is 1. The molecule has 1 aromatic rings. The van der Waals surface area contributed by atoms with Gasteiger partial charge in [-0.3, -0.25) is 9.59 Å². The van der Waals surface area contributed by atoms with Crippen molar-refractivity contribution >= 4 is 41.2 Å². The van der Waals surface area contributed by atoms with Gasteiger partial charge < -0.3 is 4.74 Å². The molecule has 0 radical (unpaired) electrons. The second kappa shape index (κ2) is 6.56. The third-order valence-electron chi connectivity index (χ3n) is 5.14. The number of amides is 2. The number of hydrazone groups is 1. The molecule has 1 heterocycles. The van der Waals surface area contributed by atoms with Crippen LogP contribution in [0, 0.1) is 23.7 Å². The highest BCUT2D eigenvalue weighted by Gasteiger charge is 2.59. The molecule has 0 spiro atoms. The van der Waals surface area contributed by atoms with Gasteiger partial charge in [0.25, 0.3) is 11.8 Å². The maximum atomic E-state index is 12.6. The lowest BCUT2D eigenvalue weighted by molar-refractivity contribution is -0.140. The molecule has 0 N–H and O–H groups in total. The van der Waals surface area contributed by atoms with Gasteiger partial charge in [0, 0.05) is 0 Å². The Morgan fingerprint density at radius 2 is 1.73 bits per heavy atom. The highest BCUT2D eigenvalue weighted by molar-refractivity contribution is 6.37. The summed E-state index contributed by atoms with van der Waals surface area (Å²) in [6.45, 7) is 3.85. The van der Waals surface area contributed by atoms with Crippen LogP contribution in [0.25, 0.3) is 0 Å². The second-order valence-corrected chi connectivity index (χ2v) is 7.46. The van der Waals surface area contributed by atoms with E-state index in [2.05, 4.69) is 11.7 Å². The van der Waals surface area contributed by atoms with Crippen LogP contribution in [0.1, 0.15) is 12.0 Å². The van der Waals surface area contributed by atoms with E-state index < -0.39 is 0 Å². The van der Waals surface area contributed by atoms with E-state index in [0.717, 1.165) is 11.4 Å². The predicted molar refractivity (Wildman–Crippen MR) is 99.3 cm³/mol. The van der Waals surface area contributed by atoms with Crippen molar-refractivity contribution in [3.05, 3.63) is 52.5 Å². The molecule has 4 rings (SSSR count). The van der Waals surface area contributed by atoms with Gasteiger partial charge in [-0.1, -0.05) is 48.0 Å². The number of hydrogen-bond acceptors (Lipinski definition) is 4. The monoisotopic (exact) mass is 390 g/mol. The van der Waals surface area contributed by atoms with Crippen LogP contribution in [0.4, 0.5) is 0 Å². The fourth-order valence-corrected chi connectivity index (χ4v) is 4.67. The molecule has 5 nitrogen and oxygen atoms in total. The topological polar surface area (TPSA) is 59.0 Å². The third kappa shape index (κ3) is 2.66. The Kier molecular flexibility index (Phi) is 4.37. The van der Waals surface area contributed by atoms with Crippen LogP contribution in [0.2, 0.25) is 10.0 Å². The van der Waals surface area contributed by atoms with Gasteiger partial charge in [-0.15, -0.1) is 0 Å². The Labute approximate surface area is 160 Å². The molecule has 3 aliphatic rings. The Morgan fingerprint density at radius 3 is 2.27 bits per heavy atom. The number of carbonyl (C=O) groups excluding carboxylic acids is 2. The number of ether oxygens (including phenoxy) is 1. The Morgan fingerprint density at radius 1 is 1.15 bits per heavy atom. The van der Waals surface area contributed by atoms with Crippen molar-refractivity contribution in [2.75, 3.05) is 6.61 Å². The average Bonchev–Trinajstić information content (AvgIpc) is 3.27. The summed E-state index contributed by atoms with van der Waals surface area (Å²) in [4.78, 5) is 25.2. The molecule has 4 atom stereocenters. The number of halogens is 2. The predicted octanol–water partition coefficient (Wildman–Crippen LogP) is 3.70. The zero-order valence-corrected chi connectivity index (χ0v) is 15.3. The minimum Gasteiger partial charge on any atom is -0.486 e. The molecule has 1 aliphatic heterocycles. The van der Waals surface area contributed by atoms with Crippen molar-refractivity contribution in [1.82, 2.24) is 5.01 Å². The summed E-state index contributed by atoms with van der Waals surface area (Å²) < 4.78 is 5.41. The van der Waals surface area contributed by atoms with Crippen molar-refractivity contribution < 1.29 is 14.3 Å². The van der Waals surface area contributed by atoms with Gasteiger partial charge in [0.05, 0.1) is 28.1 Å². The quantitative estimate of drug-likeness (QED) is 0.437. The normalized spacial score (nSPS) is 29.1. The molecule has 134 valence electrons. The zero-order chi connectivity index (χ0) is 18.4. The molecule has 2 aliphatic carbocycles. The number of nitrogens with zero attached hydrogens (tertiary/aromatic N) is 2. The number of fused-ring (bicyclic) bond motifs is 5. The van der Waals surface area contributed by atoms with Gasteiger partial charge in [0.15, 0.2) is 5.75 Å². The maximum Gasteiger partial charge on any atom is 0.254 e. The molecule has 1 aromatic carbocycles. The summed E-state index contributed by atoms with van der Waals surface area (Å²) in [6, 6.07) is 3.24. The average molecular weight is 391 g/mol. The van der Waals surface area contributed by atoms with E-state index in [1.54, 1.807) is 18.2 Å². The van der Waals surface area contributed by atoms with Crippen molar-refractivity contribution in [1.29, 1.82) is 0 Å². The molecular weight excluding hydrogens is 375 g/mol. The number of allylic oxidation sites excluding steroid dienone is 2. The molecule has 1 saturated carbocycles. The van der Waals surface area contributed by atoms with Gasteiger partial charge in [0.1, 0.15) is 6.61 Å². The molecule has 1 saturated heterocycles. The summed E-state index contributed by atoms with van der Waals surface area (Å²) >= 11 is 12.4. The van der Waals surface area contributed by atoms with Crippen molar-refractivity contribution in [2.45, 2.75) is 6.42 Å². The molecular formula is C19H16Cl2N2O3. The van der Waals surface area contributed by atoms with Gasteiger partial charge >= 0.3 is 0 Å². The lowest BCUT2D eigenvalue weighted by atomic mass is 9.85. The first kappa shape index (κ1) is 17.3. The molecule has 2 fully saturated rings. The van der Waals surface area contributed by atoms with E-state index in [1.807, 2.05) is 12.2 Å². The van der Waals surface area contributed by atoms with Gasteiger partial charge in [-0.25, -0.2) is 0 Å². The minimum absolute atomic E-state index is 0.159. The lowest BCUT2D eigenvalue weighted by Gasteiger charge is -2.13. The number of hydrogen-bond donors (Lipinski definition) is 0. The smallest absolute Gasteiger partial charge is 0.254 e. The zero-order valence-electron chi connectivity index (χ0n) is 13.8. The van der Waals surface area contributed by atoms with Gasteiger partial charge in [0.2, 0.25) is 0 Å². The summed E-state index contributed by atoms with van der Waals surface area (Å²) in [5.41, 5.74) is 0.574. The van der Waals surface area contributed by atoms with Crippen LogP contribution in [-0.2, 0) is 9.59 Å². The number of carbonyl (C=O) groups is 2. The van der Waals surface area contributed by atoms with Gasteiger partial charge in [-0.2, -0.15) is 10.1 Å². The molecule has 26 heavy (non-hydrogen) atoms. The lowest BCUT2D eigenvalue weighted by Crippen LogP contribution is -2.28. The molecule has 2 bridgehead atoms. The highest BCUT2D eigenvalue weighted by Crippen LogP contribution is 2.52. The summed E-state index contributed by atoms with van der Waals surface area (Å²) in [6.07, 6.45) is 7.99. The first-order valence-corrected chi connectivity index (χ1v) is 9.09. The van der Waals surface area contributed by atoms with Crippen molar-refractivity contribution in [2.24, 2.45) is 28.8 Å². The molecule has 0 unspecified atom stereocenters. The van der Waals surface area contributed by atoms with Crippen molar-refractivity contribution in [3.63, 3.8) is 0 Å². The highest BCUT2D eigenvalue weighted by atomic mass is 35.5. The Bertz CT molecular complexity index is 811. The summed E-state index contributed by atoms with van der Waals surface area (Å²) in [7, 11) is 0. The third-order valence-corrected chi connectivity index (χ3v) is 5.70. The van der Waals surface area contributed by atoms with Crippen LogP contribution in [0.5, 0.6) is 5.75 Å². The van der Waals surface area contributed by atoms with Crippen LogP contribution in [0.15, 0.2) is 42.0 Å². The van der Waals surface area contributed by atoms with E-state index in [4.69, 9.17) is 27.9 Å². The molecule has 2 amide bonds. The molecule has 7 heteroatoms. The SMILES string of the molecule is C=CCOc1c(Cl)cc(C=NN2C(=O)[C@@H]3[C@H](C2=O)[C@H]2C=C[C@H]3C2)cc1Cl.